The van der Waals surface area contributed by atoms with Gasteiger partial charge in [0.05, 0.1) is 18.4 Å². The highest BCUT2D eigenvalue weighted by Crippen LogP contribution is 2.27. The Morgan fingerprint density at radius 2 is 2.15 bits per heavy atom. The lowest BCUT2D eigenvalue weighted by molar-refractivity contribution is -0.126. The number of amides is 1. The van der Waals surface area contributed by atoms with Gasteiger partial charge in [-0.25, -0.2) is 4.98 Å². The van der Waals surface area contributed by atoms with E-state index in [1.807, 2.05) is 29.6 Å². The highest BCUT2D eigenvalue weighted by atomic mass is 35.5. The quantitative estimate of drug-likeness (QED) is 0.747. The molecule has 0 radical (unpaired) electrons. The van der Waals surface area contributed by atoms with Crippen molar-refractivity contribution in [2.45, 2.75) is 38.4 Å². The Morgan fingerprint density at radius 1 is 1.38 bits per heavy atom. The van der Waals surface area contributed by atoms with E-state index < -0.39 is 6.10 Å². The summed E-state index contributed by atoms with van der Waals surface area (Å²) in [6.45, 7) is 3.23. The predicted molar refractivity (Wildman–Crippen MR) is 106 cm³/mol. The molecule has 3 rings (SSSR count). The SMILES string of the molecule is CCCOc1ccc(-c2csc(NC(=O)[C@@H]3CC[C@H](CN)O3)n2)cc1.Cl. The van der Waals surface area contributed by atoms with Crippen molar-refractivity contribution in [1.29, 1.82) is 0 Å². The normalized spacial score (nSPS) is 19.0. The molecule has 0 aliphatic carbocycles. The van der Waals surface area contributed by atoms with Gasteiger partial charge >= 0.3 is 0 Å². The first-order valence-corrected chi connectivity index (χ1v) is 9.42. The molecular formula is C18H24ClN3O3S. The third-order valence-electron chi connectivity index (χ3n) is 4.02. The number of benzene rings is 1. The number of nitrogens with two attached hydrogens (primary N) is 1. The Balaban J connectivity index is 0.00000243. The Hall–Kier alpha value is -1.67. The molecule has 0 unspecified atom stereocenters. The van der Waals surface area contributed by atoms with Crippen molar-refractivity contribution in [3.05, 3.63) is 29.6 Å². The van der Waals surface area contributed by atoms with Crippen LogP contribution in [0.25, 0.3) is 11.3 Å². The molecule has 142 valence electrons. The minimum Gasteiger partial charge on any atom is -0.494 e. The number of carbonyl (C=O) groups excluding carboxylic acids is 1. The summed E-state index contributed by atoms with van der Waals surface area (Å²) in [5.41, 5.74) is 7.39. The number of aromatic nitrogens is 1. The molecule has 2 heterocycles. The molecule has 3 N–H and O–H groups in total. The summed E-state index contributed by atoms with van der Waals surface area (Å²) in [6.07, 6.45) is 2.05. The minimum atomic E-state index is -0.434. The zero-order valence-corrected chi connectivity index (χ0v) is 16.3. The second-order valence-electron chi connectivity index (χ2n) is 5.96. The molecule has 2 atom stereocenters. The lowest BCUT2D eigenvalue weighted by Crippen LogP contribution is -2.29. The van der Waals surface area contributed by atoms with E-state index in [-0.39, 0.29) is 24.4 Å². The second-order valence-corrected chi connectivity index (χ2v) is 6.82. The van der Waals surface area contributed by atoms with Crippen LogP contribution in [0.2, 0.25) is 0 Å². The molecule has 26 heavy (non-hydrogen) atoms. The van der Waals surface area contributed by atoms with Crippen molar-refractivity contribution in [3.8, 4) is 17.0 Å². The summed E-state index contributed by atoms with van der Waals surface area (Å²) in [4.78, 5) is 16.7. The first-order valence-electron chi connectivity index (χ1n) is 8.54. The highest BCUT2D eigenvalue weighted by molar-refractivity contribution is 7.14. The summed E-state index contributed by atoms with van der Waals surface area (Å²) in [6, 6.07) is 7.80. The number of nitrogens with one attached hydrogen (secondary N) is 1. The zero-order valence-electron chi connectivity index (χ0n) is 14.6. The standard InChI is InChI=1S/C18H23N3O3S.ClH/c1-2-9-23-13-5-3-12(4-6-13)15-11-25-18(20-15)21-17(22)16-8-7-14(10-19)24-16;/h3-6,11,14,16H,2,7-10,19H2,1H3,(H,20,21,22);1H/t14-,16+;/m1./s1. The van der Waals surface area contributed by atoms with E-state index in [4.69, 9.17) is 15.2 Å². The largest absolute Gasteiger partial charge is 0.494 e. The topological polar surface area (TPSA) is 86.5 Å². The molecule has 1 aromatic heterocycles. The first kappa shape index (κ1) is 20.6. The van der Waals surface area contributed by atoms with Crippen LogP contribution < -0.4 is 15.8 Å². The number of carbonyl (C=O) groups is 1. The molecule has 2 aromatic rings. The summed E-state index contributed by atoms with van der Waals surface area (Å²) < 4.78 is 11.2. The van der Waals surface area contributed by atoms with Crippen LogP contribution >= 0.6 is 23.7 Å². The van der Waals surface area contributed by atoms with Crippen LogP contribution in [0, 0.1) is 0 Å². The van der Waals surface area contributed by atoms with Gasteiger partial charge in [0.15, 0.2) is 5.13 Å². The van der Waals surface area contributed by atoms with Crippen molar-refractivity contribution >= 4 is 34.8 Å². The summed E-state index contributed by atoms with van der Waals surface area (Å²) in [5.74, 6) is 0.697. The first-order chi connectivity index (χ1) is 12.2. The number of nitrogens with zero attached hydrogens (tertiary/aromatic N) is 1. The maximum Gasteiger partial charge on any atom is 0.255 e. The smallest absolute Gasteiger partial charge is 0.255 e. The summed E-state index contributed by atoms with van der Waals surface area (Å²) in [7, 11) is 0. The van der Waals surface area contributed by atoms with Crippen LogP contribution in [-0.2, 0) is 9.53 Å². The van der Waals surface area contributed by atoms with Crippen LogP contribution in [0.1, 0.15) is 26.2 Å². The average molecular weight is 398 g/mol. The number of thiazole rings is 1. The lowest BCUT2D eigenvalue weighted by atomic mass is 10.2. The third kappa shape index (κ3) is 5.17. The lowest BCUT2D eigenvalue weighted by Gasteiger charge is -2.11. The van der Waals surface area contributed by atoms with Crippen molar-refractivity contribution < 1.29 is 14.3 Å². The maximum atomic E-state index is 12.2. The predicted octanol–water partition coefficient (Wildman–Crippen LogP) is 3.47. The maximum absolute atomic E-state index is 12.2. The number of hydrogen-bond acceptors (Lipinski definition) is 6. The van der Waals surface area contributed by atoms with E-state index in [2.05, 4.69) is 17.2 Å². The zero-order chi connectivity index (χ0) is 17.6. The summed E-state index contributed by atoms with van der Waals surface area (Å²) >= 11 is 1.40. The second kappa shape index (κ2) is 9.87. The van der Waals surface area contributed by atoms with Gasteiger partial charge in [0.25, 0.3) is 5.91 Å². The molecule has 0 spiro atoms. The third-order valence-corrected chi connectivity index (χ3v) is 4.78. The number of halogens is 1. The van der Waals surface area contributed by atoms with Crippen LogP contribution in [0.3, 0.4) is 0 Å². The van der Waals surface area contributed by atoms with Gasteiger partial charge in [-0.3, -0.25) is 10.1 Å². The summed E-state index contributed by atoms with van der Waals surface area (Å²) in [5, 5.41) is 5.34. The van der Waals surface area contributed by atoms with E-state index in [1.165, 1.54) is 11.3 Å². The van der Waals surface area contributed by atoms with Gasteiger partial charge in [-0.15, -0.1) is 23.7 Å². The van der Waals surface area contributed by atoms with Crippen molar-refractivity contribution in [2.75, 3.05) is 18.5 Å². The van der Waals surface area contributed by atoms with E-state index in [1.54, 1.807) is 0 Å². The molecule has 1 fully saturated rings. The fourth-order valence-electron chi connectivity index (χ4n) is 2.66. The van der Waals surface area contributed by atoms with Crippen LogP contribution in [-0.4, -0.2) is 36.3 Å². The van der Waals surface area contributed by atoms with E-state index >= 15 is 0 Å². The van der Waals surface area contributed by atoms with Crippen molar-refractivity contribution in [2.24, 2.45) is 5.73 Å². The molecule has 1 amide bonds. The fraction of sp³-hybridized carbons (Fsp3) is 0.444. The number of rotatable bonds is 7. The molecular weight excluding hydrogens is 374 g/mol. The number of ether oxygens (including phenoxy) is 2. The monoisotopic (exact) mass is 397 g/mol. The Labute approximate surface area is 163 Å². The molecule has 8 heteroatoms. The fourth-order valence-corrected chi connectivity index (χ4v) is 3.39. The van der Waals surface area contributed by atoms with Crippen LogP contribution in [0.15, 0.2) is 29.6 Å². The van der Waals surface area contributed by atoms with Gasteiger partial charge < -0.3 is 15.2 Å². The Bertz CT molecular complexity index is 708. The minimum absolute atomic E-state index is 0. The van der Waals surface area contributed by atoms with Gasteiger partial charge in [0, 0.05) is 17.5 Å². The van der Waals surface area contributed by atoms with Gasteiger partial charge in [0.2, 0.25) is 0 Å². The van der Waals surface area contributed by atoms with Crippen LogP contribution in [0.5, 0.6) is 5.75 Å². The number of hydrogen-bond donors (Lipinski definition) is 2. The highest BCUT2D eigenvalue weighted by Gasteiger charge is 2.30. The van der Waals surface area contributed by atoms with Gasteiger partial charge in [-0.2, -0.15) is 0 Å². The van der Waals surface area contributed by atoms with Gasteiger partial charge in [-0.05, 0) is 43.5 Å². The van der Waals surface area contributed by atoms with E-state index in [9.17, 15) is 4.79 Å². The number of anilines is 1. The van der Waals surface area contributed by atoms with E-state index in [0.29, 0.717) is 24.7 Å². The molecule has 1 aromatic carbocycles. The van der Waals surface area contributed by atoms with E-state index in [0.717, 1.165) is 29.8 Å². The molecule has 1 aliphatic heterocycles. The van der Waals surface area contributed by atoms with Gasteiger partial charge in [-0.1, -0.05) is 6.92 Å². The van der Waals surface area contributed by atoms with Gasteiger partial charge in [0.1, 0.15) is 11.9 Å². The Morgan fingerprint density at radius 3 is 2.81 bits per heavy atom. The molecule has 0 bridgehead atoms. The Kier molecular flexibility index (Phi) is 7.84. The molecule has 0 saturated carbocycles. The molecule has 1 saturated heterocycles. The average Bonchev–Trinajstić information content (AvgIpc) is 3.30. The molecule has 6 nitrogen and oxygen atoms in total. The molecule has 1 aliphatic rings. The van der Waals surface area contributed by atoms with Crippen molar-refractivity contribution in [3.63, 3.8) is 0 Å². The van der Waals surface area contributed by atoms with Crippen LogP contribution in [0.4, 0.5) is 5.13 Å². The van der Waals surface area contributed by atoms with Crippen molar-refractivity contribution in [1.82, 2.24) is 4.98 Å².